The van der Waals surface area contributed by atoms with Crippen LogP contribution in [0.15, 0.2) is 41.3 Å². The number of hydrogen-bond acceptors (Lipinski definition) is 4. The van der Waals surface area contributed by atoms with Gasteiger partial charge in [-0.05, 0) is 73.2 Å². The van der Waals surface area contributed by atoms with Gasteiger partial charge in [-0.25, -0.2) is 16.8 Å². The number of aryl methyl sites for hydroxylation is 2. The summed E-state index contributed by atoms with van der Waals surface area (Å²) in [6, 6.07) is 10.4. The molecule has 0 spiro atoms. The van der Waals surface area contributed by atoms with E-state index in [0.29, 0.717) is 25.1 Å². The first-order chi connectivity index (χ1) is 13.1. The molecule has 0 aromatic heterocycles. The largest absolute Gasteiger partial charge is 0.280 e. The molecule has 2 aromatic carbocycles. The third kappa shape index (κ3) is 4.39. The zero-order chi connectivity index (χ0) is 20.5. The van der Waals surface area contributed by atoms with Crippen molar-refractivity contribution in [2.75, 3.05) is 17.0 Å². The van der Waals surface area contributed by atoms with E-state index in [4.69, 9.17) is 0 Å². The summed E-state index contributed by atoms with van der Waals surface area (Å²) in [6.07, 6.45) is 1.20. The Balaban J connectivity index is 1.85. The van der Waals surface area contributed by atoms with E-state index in [9.17, 15) is 16.8 Å². The number of benzene rings is 2. The fourth-order valence-corrected chi connectivity index (χ4v) is 5.93. The second-order valence-corrected chi connectivity index (χ2v) is 11.0. The van der Waals surface area contributed by atoms with Crippen molar-refractivity contribution in [3.63, 3.8) is 0 Å². The number of rotatable bonds is 6. The lowest BCUT2D eigenvalue weighted by Gasteiger charge is -2.28. The van der Waals surface area contributed by atoms with Crippen LogP contribution in [-0.4, -0.2) is 33.4 Å². The lowest BCUT2D eigenvalue weighted by molar-refractivity contribution is 0.391. The molecule has 6 nitrogen and oxygen atoms in total. The van der Waals surface area contributed by atoms with E-state index in [0.717, 1.165) is 22.3 Å². The Morgan fingerprint density at radius 3 is 2.39 bits per heavy atom. The van der Waals surface area contributed by atoms with Crippen LogP contribution in [0.1, 0.15) is 35.6 Å². The first kappa shape index (κ1) is 20.8. The Morgan fingerprint density at radius 2 is 1.71 bits per heavy atom. The van der Waals surface area contributed by atoms with Gasteiger partial charge in [0.2, 0.25) is 10.0 Å². The summed E-state index contributed by atoms with van der Waals surface area (Å²) in [4.78, 5) is 0.209. The number of sulfonamides is 2. The topological polar surface area (TPSA) is 83.6 Å². The molecular formula is C20H26N2O4S2. The molecule has 1 N–H and O–H groups in total. The van der Waals surface area contributed by atoms with Crippen LogP contribution in [0.25, 0.3) is 0 Å². The summed E-state index contributed by atoms with van der Waals surface area (Å²) >= 11 is 0. The van der Waals surface area contributed by atoms with E-state index in [1.165, 1.54) is 4.31 Å². The number of nitrogens with one attached hydrogen (secondary N) is 1. The van der Waals surface area contributed by atoms with Crippen LogP contribution in [0.3, 0.4) is 0 Å². The maximum atomic E-state index is 12.7. The van der Waals surface area contributed by atoms with Gasteiger partial charge in [0, 0.05) is 18.8 Å². The van der Waals surface area contributed by atoms with Crippen LogP contribution < -0.4 is 4.72 Å². The minimum atomic E-state index is -3.71. The van der Waals surface area contributed by atoms with Crippen molar-refractivity contribution in [1.82, 2.24) is 4.31 Å². The number of fused-ring (bicyclic) bond motifs is 1. The van der Waals surface area contributed by atoms with Crippen LogP contribution in [-0.2, 0) is 33.0 Å². The standard InChI is InChI=1S/C20H26N2O4S2/c1-4-11-27(23,24)22-10-9-17-6-7-19(13-18(17)14-22)21-28(25,26)20-8-5-15(2)16(3)12-20/h5-8,12-13,21H,4,9-11,14H2,1-3H3. The number of nitrogens with zero attached hydrogens (tertiary/aromatic N) is 1. The summed E-state index contributed by atoms with van der Waals surface area (Å²) in [7, 11) is -6.99. The smallest absolute Gasteiger partial charge is 0.261 e. The van der Waals surface area contributed by atoms with Crippen molar-refractivity contribution in [3.8, 4) is 0 Å². The predicted molar refractivity (Wildman–Crippen MR) is 111 cm³/mol. The fourth-order valence-electron chi connectivity index (χ4n) is 3.31. The molecule has 3 rings (SSSR count). The summed E-state index contributed by atoms with van der Waals surface area (Å²) in [5, 5.41) is 0. The van der Waals surface area contributed by atoms with Gasteiger partial charge in [-0.2, -0.15) is 4.31 Å². The Labute approximate surface area is 167 Å². The Bertz CT molecular complexity index is 1090. The lowest BCUT2D eigenvalue weighted by Crippen LogP contribution is -2.37. The van der Waals surface area contributed by atoms with Crippen LogP contribution >= 0.6 is 0 Å². The highest BCUT2D eigenvalue weighted by atomic mass is 32.2. The molecule has 0 unspecified atom stereocenters. The summed E-state index contributed by atoms with van der Waals surface area (Å²) in [5.74, 6) is 0.126. The van der Waals surface area contributed by atoms with Crippen LogP contribution in [0.5, 0.6) is 0 Å². The molecule has 2 aromatic rings. The van der Waals surface area contributed by atoms with Gasteiger partial charge in [-0.1, -0.05) is 19.1 Å². The van der Waals surface area contributed by atoms with Crippen LogP contribution in [0.2, 0.25) is 0 Å². The fraction of sp³-hybridized carbons (Fsp3) is 0.400. The van der Waals surface area contributed by atoms with Gasteiger partial charge in [-0.3, -0.25) is 4.72 Å². The SMILES string of the molecule is CCCS(=O)(=O)N1CCc2ccc(NS(=O)(=O)c3ccc(C)c(C)c3)cc2C1. The first-order valence-corrected chi connectivity index (χ1v) is 12.4. The van der Waals surface area contributed by atoms with Gasteiger partial charge in [0.25, 0.3) is 10.0 Å². The molecule has 8 heteroatoms. The van der Waals surface area contributed by atoms with Gasteiger partial charge in [0.1, 0.15) is 0 Å². The Hall–Kier alpha value is -1.90. The van der Waals surface area contributed by atoms with Crippen molar-refractivity contribution in [1.29, 1.82) is 0 Å². The molecule has 0 saturated heterocycles. The van der Waals surface area contributed by atoms with Crippen LogP contribution in [0.4, 0.5) is 5.69 Å². The molecule has 1 aliphatic rings. The van der Waals surface area contributed by atoms with E-state index in [2.05, 4.69) is 4.72 Å². The van der Waals surface area contributed by atoms with E-state index in [1.54, 1.807) is 30.3 Å². The molecule has 0 saturated carbocycles. The third-order valence-corrected chi connectivity index (χ3v) is 8.48. The van der Waals surface area contributed by atoms with E-state index >= 15 is 0 Å². The van der Waals surface area contributed by atoms with Gasteiger partial charge < -0.3 is 0 Å². The monoisotopic (exact) mass is 422 g/mol. The Kier molecular flexibility index (Phi) is 5.84. The van der Waals surface area contributed by atoms with E-state index in [1.807, 2.05) is 26.8 Å². The zero-order valence-electron chi connectivity index (χ0n) is 16.4. The molecule has 0 bridgehead atoms. The average Bonchev–Trinajstić information content (AvgIpc) is 2.63. The molecule has 152 valence electrons. The van der Waals surface area contributed by atoms with Gasteiger partial charge in [0.15, 0.2) is 0 Å². The molecule has 0 amide bonds. The van der Waals surface area contributed by atoms with Gasteiger partial charge in [0.05, 0.1) is 10.6 Å². The van der Waals surface area contributed by atoms with E-state index in [-0.39, 0.29) is 17.2 Å². The first-order valence-electron chi connectivity index (χ1n) is 9.32. The highest BCUT2D eigenvalue weighted by molar-refractivity contribution is 7.92. The summed E-state index contributed by atoms with van der Waals surface area (Å²) in [5.41, 5.74) is 4.27. The molecule has 1 aliphatic heterocycles. The highest BCUT2D eigenvalue weighted by Gasteiger charge is 2.26. The molecule has 1 heterocycles. The van der Waals surface area contributed by atoms with Crippen molar-refractivity contribution < 1.29 is 16.8 Å². The minimum absolute atomic E-state index is 0.126. The predicted octanol–water partition coefficient (Wildman–Crippen LogP) is 3.20. The third-order valence-electron chi connectivity index (χ3n) is 5.08. The highest BCUT2D eigenvalue weighted by Crippen LogP contribution is 2.26. The normalized spacial score (nSPS) is 15.2. The maximum absolute atomic E-state index is 12.7. The molecule has 0 radical (unpaired) electrons. The van der Waals surface area contributed by atoms with Crippen molar-refractivity contribution >= 4 is 25.7 Å². The molecule has 0 aliphatic carbocycles. The number of anilines is 1. The number of hydrogen-bond donors (Lipinski definition) is 1. The van der Waals surface area contributed by atoms with Gasteiger partial charge >= 0.3 is 0 Å². The minimum Gasteiger partial charge on any atom is -0.280 e. The molecule has 28 heavy (non-hydrogen) atoms. The summed E-state index contributed by atoms with van der Waals surface area (Å²) < 4.78 is 54.3. The van der Waals surface area contributed by atoms with E-state index < -0.39 is 20.0 Å². The lowest BCUT2D eigenvalue weighted by atomic mass is 10.0. The maximum Gasteiger partial charge on any atom is 0.261 e. The van der Waals surface area contributed by atoms with Crippen molar-refractivity contribution in [3.05, 3.63) is 58.7 Å². The Morgan fingerprint density at radius 1 is 0.964 bits per heavy atom. The quantitative estimate of drug-likeness (QED) is 0.775. The molecule has 0 fully saturated rings. The zero-order valence-corrected chi connectivity index (χ0v) is 18.0. The average molecular weight is 423 g/mol. The second-order valence-electron chi connectivity index (χ2n) is 7.23. The van der Waals surface area contributed by atoms with Crippen LogP contribution in [0, 0.1) is 13.8 Å². The van der Waals surface area contributed by atoms with Crippen molar-refractivity contribution in [2.24, 2.45) is 0 Å². The van der Waals surface area contributed by atoms with Crippen molar-refractivity contribution in [2.45, 2.75) is 45.1 Å². The van der Waals surface area contributed by atoms with Gasteiger partial charge in [-0.15, -0.1) is 0 Å². The molecule has 0 atom stereocenters. The summed E-state index contributed by atoms with van der Waals surface area (Å²) in [6.45, 7) is 6.38. The second kappa shape index (κ2) is 7.85. The molecular weight excluding hydrogens is 396 g/mol.